The zero-order valence-corrected chi connectivity index (χ0v) is 13.2. The van der Waals surface area contributed by atoms with Crippen LogP contribution in [0.1, 0.15) is 16.8 Å². The van der Waals surface area contributed by atoms with Crippen molar-refractivity contribution in [2.45, 2.75) is 12.5 Å². The van der Waals surface area contributed by atoms with E-state index in [1.807, 2.05) is 0 Å². The zero-order chi connectivity index (χ0) is 15.7. The molecule has 0 unspecified atom stereocenters. The average molecular weight is 323 g/mol. The molecule has 0 radical (unpaired) electrons. The van der Waals surface area contributed by atoms with Crippen LogP contribution >= 0.6 is 11.6 Å². The fourth-order valence-electron chi connectivity index (χ4n) is 2.89. The van der Waals surface area contributed by atoms with E-state index in [-0.39, 0.29) is 18.0 Å². The number of carbonyl (C=O) groups excluding carboxylic acids is 2. The number of rotatable bonds is 3. The number of halogens is 1. The monoisotopic (exact) mass is 322 g/mol. The van der Waals surface area contributed by atoms with Crippen molar-refractivity contribution in [3.63, 3.8) is 0 Å². The molecule has 118 valence electrons. The lowest BCUT2D eigenvalue weighted by molar-refractivity contribution is 0.0744. The topological polar surface area (TPSA) is 64.7 Å². The van der Waals surface area contributed by atoms with Crippen LogP contribution in [0.15, 0.2) is 18.2 Å². The lowest BCUT2D eigenvalue weighted by Crippen LogP contribution is -2.38. The van der Waals surface area contributed by atoms with Gasteiger partial charge in [0, 0.05) is 38.4 Å². The summed E-state index contributed by atoms with van der Waals surface area (Å²) in [4.78, 5) is 27.8. The average Bonchev–Trinajstić information content (AvgIpc) is 3.18. The minimum absolute atomic E-state index is 0.111. The summed E-state index contributed by atoms with van der Waals surface area (Å²) in [6.07, 6.45) is 0.939. The van der Waals surface area contributed by atoms with E-state index >= 15 is 0 Å². The van der Waals surface area contributed by atoms with Gasteiger partial charge < -0.3 is 15.5 Å². The molecule has 0 bridgehead atoms. The number of nitrogens with zero attached hydrogens (tertiary/aromatic N) is 2. The molecule has 0 saturated carbocycles. The largest absolute Gasteiger partial charge is 0.337 e. The first kappa shape index (κ1) is 15.1. The number of carbonyl (C=O) groups is 2. The van der Waals surface area contributed by atoms with Crippen LogP contribution in [0.5, 0.6) is 0 Å². The van der Waals surface area contributed by atoms with Gasteiger partial charge in [-0.2, -0.15) is 0 Å². The second-order valence-electron chi connectivity index (χ2n) is 5.61. The molecule has 7 heteroatoms. The molecular weight excluding hydrogens is 304 g/mol. The highest BCUT2D eigenvalue weighted by atomic mass is 35.5. The van der Waals surface area contributed by atoms with Crippen molar-refractivity contribution in [2.24, 2.45) is 0 Å². The van der Waals surface area contributed by atoms with Gasteiger partial charge in [-0.25, -0.2) is 4.79 Å². The van der Waals surface area contributed by atoms with Gasteiger partial charge in [-0.3, -0.25) is 9.69 Å². The molecule has 2 saturated heterocycles. The van der Waals surface area contributed by atoms with Crippen molar-refractivity contribution in [2.75, 3.05) is 38.1 Å². The van der Waals surface area contributed by atoms with Crippen molar-refractivity contribution in [3.8, 4) is 0 Å². The van der Waals surface area contributed by atoms with E-state index in [9.17, 15) is 9.59 Å². The highest BCUT2D eigenvalue weighted by Gasteiger charge is 2.27. The number of benzene rings is 1. The molecule has 2 N–H and O–H groups in total. The van der Waals surface area contributed by atoms with Gasteiger partial charge in [0.1, 0.15) is 0 Å². The van der Waals surface area contributed by atoms with Gasteiger partial charge >= 0.3 is 6.03 Å². The fourth-order valence-corrected chi connectivity index (χ4v) is 3.09. The molecule has 2 aliphatic rings. The molecule has 1 aromatic carbocycles. The Morgan fingerprint density at radius 3 is 2.86 bits per heavy atom. The molecule has 6 nitrogen and oxygen atoms in total. The number of likely N-dealkylation sites (N-methyl/N-ethyl adjacent to an activating group) is 1. The van der Waals surface area contributed by atoms with Gasteiger partial charge in [0.2, 0.25) is 0 Å². The van der Waals surface area contributed by atoms with Crippen LogP contribution in [-0.4, -0.2) is 56.1 Å². The number of hydrogen-bond donors (Lipinski definition) is 2. The molecule has 22 heavy (non-hydrogen) atoms. The maximum absolute atomic E-state index is 12.7. The Labute approximate surface area is 134 Å². The van der Waals surface area contributed by atoms with E-state index in [0.717, 1.165) is 19.5 Å². The van der Waals surface area contributed by atoms with Crippen LogP contribution < -0.4 is 15.5 Å². The van der Waals surface area contributed by atoms with Gasteiger partial charge in [-0.1, -0.05) is 11.6 Å². The van der Waals surface area contributed by atoms with E-state index in [2.05, 4.69) is 10.6 Å². The molecule has 2 aliphatic heterocycles. The van der Waals surface area contributed by atoms with Gasteiger partial charge in [-0.05, 0) is 31.2 Å². The van der Waals surface area contributed by atoms with Crippen molar-refractivity contribution in [1.82, 2.24) is 15.5 Å². The van der Waals surface area contributed by atoms with E-state index in [0.29, 0.717) is 29.4 Å². The second-order valence-corrected chi connectivity index (χ2v) is 6.02. The molecule has 1 atom stereocenters. The van der Waals surface area contributed by atoms with E-state index < -0.39 is 0 Å². The molecule has 0 aromatic heterocycles. The fraction of sp³-hybridized carbons (Fsp3) is 0.467. The normalized spacial score (nSPS) is 21.1. The molecular formula is C15H19ClN4O2. The minimum atomic E-state index is -0.144. The third-order valence-corrected chi connectivity index (χ3v) is 4.58. The van der Waals surface area contributed by atoms with Gasteiger partial charge in [0.05, 0.1) is 10.6 Å². The summed E-state index contributed by atoms with van der Waals surface area (Å²) in [5, 5.41) is 6.41. The molecule has 0 spiro atoms. The van der Waals surface area contributed by atoms with E-state index in [1.165, 1.54) is 0 Å². The molecule has 0 aliphatic carbocycles. The predicted octanol–water partition coefficient (Wildman–Crippen LogP) is 1.30. The Morgan fingerprint density at radius 1 is 1.41 bits per heavy atom. The Bertz CT molecular complexity index is 601. The first-order valence-corrected chi connectivity index (χ1v) is 7.78. The molecule has 3 rings (SSSR count). The Balaban J connectivity index is 1.85. The van der Waals surface area contributed by atoms with Gasteiger partial charge in [0.15, 0.2) is 0 Å². The number of anilines is 1. The molecule has 3 amide bonds. The highest BCUT2D eigenvalue weighted by molar-refractivity contribution is 6.34. The van der Waals surface area contributed by atoms with Crippen LogP contribution in [0.4, 0.5) is 10.5 Å². The van der Waals surface area contributed by atoms with Crippen molar-refractivity contribution < 1.29 is 9.59 Å². The van der Waals surface area contributed by atoms with E-state index in [4.69, 9.17) is 11.6 Å². The zero-order valence-electron chi connectivity index (χ0n) is 12.4. The Kier molecular flexibility index (Phi) is 4.22. The molecule has 2 fully saturated rings. The minimum Gasteiger partial charge on any atom is -0.337 e. The summed E-state index contributed by atoms with van der Waals surface area (Å²) in [6, 6.07) is 5.18. The predicted molar refractivity (Wildman–Crippen MR) is 85.6 cm³/mol. The van der Waals surface area contributed by atoms with Crippen molar-refractivity contribution >= 4 is 29.2 Å². The summed E-state index contributed by atoms with van der Waals surface area (Å²) in [6.45, 7) is 2.92. The third kappa shape index (κ3) is 2.76. The first-order valence-electron chi connectivity index (χ1n) is 7.40. The third-order valence-electron chi connectivity index (χ3n) is 4.25. The number of hydrogen-bond acceptors (Lipinski definition) is 3. The van der Waals surface area contributed by atoms with Gasteiger partial charge in [-0.15, -0.1) is 0 Å². The van der Waals surface area contributed by atoms with Crippen LogP contribution in [0.25, 0.3) is 0 Å². The smallest absolute Gasteiger partial charge is 0.321 e. The van der Waals surface area contributed by atoms with Crippen molar-refractivity contribution in [3.05, 3.63) is 28.8 Å². The number of nitrogens with one attached hydrogen (secondary N) is 2. The SMILES string of the molecule is CN(C(=O)c1cc(N2CCNC2=O)ccc1Cl)[C@H]1CCNC1. The lowest BCUT2D eigenvalue weighted by Gasteiger charge is -2.25. The van der Waals surface area contributed by atoms with Crippen LogP contribution in [0, 0.1) is 0 Å². The number of amides is 3. The van der Waals surface area contributed by atoms with Gasteiger partial charge in [0.25, 0.3) is 5.91 Å². The first-order chi connectivity index (χ1) is 10.6. The molecule has 1 aromatic rings. The van der Waals surface area contributed by atoms with E-state index in [1.54, 1.807) is 35.0 Å². The maximum atomic E-state index is 12.7. The standard InChI is InChI=1S/C15H19ClN4O2/c1-19(11-4-5-17-9-11)14(21)12-8-10(2-3-13(12)16)20-7-6-18-15(20)22/h2-3,8,11,17H,4-7,9H2,1H3,(H,18,22)/t11-/m0/s1. The quantitative estimate of drug-likeness (QED) is 0.881. The number of urea groups is 1. The van der Waals surface area contributed by atoms with Crippen molar-refractivity contribution in [1.29, 1.82) is 0 Å². The van der Waals surface area contributed by atoms with Crippen LogP contribution in [0.2, 0.25) is 5.02 Å². The summed E-state index contributed by atoms with van der Waals surface area (Å²) < 4.78 is 0. The summed E-state index contributed by atoms with van der Waals surface area (Å²) in [5.74, 6) is -0.111. The second kappa shape index (κ2) is 6.14. The summed E-state index contributed by atoms with van der Waals surface area (Å²) >= 11 is 6.20. The Morgan fingerprint density at radius 2 is 2.23 bits per heavy atom. The Hall–Kier alpha value is -1.79. The van der Waals surface area contributed by atoms with Crippen LogP contribution in [-0.2, 0) is 0 Å². The molecule has 2 heterocycles. The lowest BCUT2D eigenvalue weighted by atomic mass is 10.1. The maximum Gasteiger partial charge on any atom is 0.321 e. The summed E-state index contributed by atoms with van der Waals surface area (Å²) in [7, 11) is 1.80. The van der Waals surface area contributed by atoms with Crippen LogP contribution in [0.3, 0.4) is 0 Å². The summed E-state index contributed by atoms with van der Waals surface area (Å²) in [5.41, 5.74) is 1.13. The highest BCUT2D eigenvalue weighted by Crippen LogP contribution is 2.26.